The molecule has 1 atom stereocenters. The molecule has 2 fully saturated rings. The van der Waals surface area contributed by atoms with E-state index >= 15 is 0 Å². The molecule has 0 bridgehead atoms. The predicted octanol–water partition coefficient (Wildman–Crippen LogP) is 3.15. The van der Waals surface area contributed by atoms with Gasteiger partial charge in [-0.05, 0) is 44.7 Å². The molecule has 1 aliphatic heterocycles. The van der Waals surface area contributed by atoms with Crippen molar-refractivity contribution in [2.24, 2.45) is 0 Å². The maximum Gasteiger partial charge on any atom is 0.0211 e. The van der Waals surface area contributed by atoms with E-state index in [4.69, 9.17) is 0 Å². The summed E-state index contributed by atoms with van der Waals surface area (Å²) < 4.78 is 0. The van der Waals surface area contributed by atoms with Crippen molar-refractivity contribution < 1.29 is 0 Å². The molecule has 2 aliphatic rings. The average Bonchev–Trinajstić information content (AvgIpc) is 3.19. The maximum atomic E-state index is 3.47. The van der Waals surface area contributed by atoms with Gasteiger partial charge in [0.05, 0.1) is 0 Å². The van der Waals surface area contributed by atoms with Crippen LogP contribution < -0.4 is 15.9 Å². The third kappa shape index (κ3) is 3.88. The molecule has 0 spiro atoms. The van der Waals surface area contributed by atoms with Crippen LogP contribution in [-0.4, -0.2) is 37.1 Å². The Labute approximate surface area is 159 Å². The second-order valence-corrected chi connectivity index (χ2v) is 9.02. The average molecular weight is 361 g/mol. The zero-order chi connectivity index (χ0) is 17.8. The SMILES string of the molecule is C[C@@H]([C]1[CH][CH][CH][C]1P(c1ccccc1)c1ccccc1)N1CCNCC1. The lowest BCUT2D eigenvalue weighted by Crippen LogP contribution is -2.49. The first-order chi connectivity index (χ1) is 12.8. The summed E-state index contributed by atoms with van der Waals surface area (Å²) in [5, 5.41) is 6.32. The number of rotatable bonds is 5. The highest BCUT2D eigenvalue weighted by Gasteiger charge is 2.41. The molecule has 4 rings (SSSR count). The molecule has 1 N–H and O–H groups in total. The van der Waals surface area contributed by atoms with E-state index < -0.39 is 7.92 Å². The Balaban J connectivity index is 1.64. The molecule has 3 heteroatoms. The first-order valence-corrected chi connectivity index (χ1v) is 10.8. The highest BCUT2D eigenvalue weighted by molar-refractivity contribution is 7.76. The van der Waals surface area contributed by atoms with Crippen LogP contribution in [0.15, 0.2) is 60.7 Å². The Morgan fingerprint density at radius 2 is 1.42 bits per heavy atom. The zero-order valence-corrected chi connectivity index (χ0v) is 16.2. The van der Waals surface area contributed by atoms with Gasteiger partial charge in [0, 0.05) is 43.8 Å². The van der Waals surface area contributed by atoms with Gasteiger partial charge in [-0.3, -0.25) is 4.90 Å². The number of hydrogen-bond donors (Lipinski definition) is 1. The van der Waals surface area contributed by atoms with Crippen molar-refractivity contribution in [3.05, 3.63) is 91.5 Å². The molecule has 2 aromatic carbocycles. The fourth-order valence-electron chi connectivity index (χ4n) is 3.83. The predicted molar refractivity (Wildman–Crippen MR) is 112 cm³/mol. The quantitative estimate of drug-likeness (QED) is 0.823. The second-order valence-electron chi connectivity index (χ2n) is 6.83. The summed E-state index contributed by atoms with van der Waals surface area (Å²) in [7, 11) is -0.526. The summed E-state index contributed by atoms with van der Waals surface area (Å²) in [5.74, 6) is 1.49. The first-order valence-electron chi connectivity index (χ1n) is 9.45. The standard InChI is InChI=1S/C23H26N2P/c1-19(25-17-15-24-16-18-25)22-13-8-14-23(22)26(20-9-4-2-5-10-20)21-11-6-3-7-12-21/h2-14,19,24H,15-18H2,1H3/t19-/m0/s1. The van der Waals surface area contributed by atoms with E-state index in [-0.39, 0.29) is 0 Å². The van der Waals surface area contributed by atoms with E-state index in [1.165, 1.54) is 22.2 Å². The minimum Gasteiger partial charge on any atom is -0.314 e. The monoisotopic (exact) mass is 361 g/mol. The van der Waals surface area contributed by atoms with Gasteiger partial charge in [0.15, 0.2) is 0 Å². The van der Waals surface area contributed by atoms with Gasteiger partial charge in [-0.15, -0.1) is 0 Å². The molecule has 133 valence electrons. The maximum absolute atomic E-state index is 3.47. The third-order valence-corrected chi connectivity index (χ3v) is 7.76. The summed E-state index contributed by atoms with van der Waals surface area (Å²) in [6.45, 7) is 6.80. The van der Waals surface area contributed by atoms with Crippen molar-refractivity contribution in [1.29, 1.82) is 0 Å². The summed E-state index contributed by atoms with van der Waals surface area (Å²) in [6, 6.07) is 22.5. The van der Waals surface area contributed by atoms with Crippen molar-refractivity contribution in [1.82, 2.24) is 10.2 Å². The molecule has 26 heavy (non-hydrogen) atoms. The molecule has 1 aliphatic carbocycles. The van der Waals surface area contributed by atoms with Crippen LogP contribution in [0, 0.1) is 30.8 Å². The lowest BCUT2D eigenvalue weighted by molar-refractivity contribution is 0.196. The number of piperazine rings is 1. The van der Waals surface area contributed by atoms with E-state index in [0.717, 1.165) is 26.2 Å². The first kappa shape index (κ1) is 18.2. The van der Waals surface area contributed by atoms with Crippen molar-refractivity contribution in [2.75, 3.05) is 26.2 Å². The van der Waals surface area contributed by atoms with Crippen molar-refractivity contribution in [3.63, 3.8) is 0 Å². The van der Waals surface area contributed by atoms with Crippen LogP contribution in [0.4, 0.5) is 0 Å². The lowest BCUT2D eigenvalue weighted by atomic mass is 9.97. The molecule has 1 saturated heterocycles. The van der Waals surface area contributed by atoms with Gasteiger partial charge in [0.25, 0.3) is 0 Å². The normalized spacial score (nSPS) is 21.3. The van der Waals surface area contributed by atoms with Crippen LogP contribution in [0.3, 0.4) is 0 Å². The summed E-state index contributed by atoms with van der Waals surface area (Å²) >= 11 is 0. The molecule has 0 amide bonds. The molecule has 1 saturated carbocycles. The lowest BCUT2D eigenvalue weighted by Gasteiger charge is -2.39. The Hall–Kier alpha value is -1.21. The largest absolute Gasteiger partial charge is 0.314 e. The Bertz CT molecular complexity index is 630. The van der Waals surface area contributed by atoms with Crippen molar-refractivity contribution in [2.45, 2.75) is 13.0 Å². The smallest absolute Gasteiger partial charge is 0.0211 e. The number of nitrogens with zero attached hydrogens (tertiary/aromatic N) is 1. The Kier molecular flexibility index (Phi) is 6.05. The summed E-state index contributed by atoms with van der Waals surface area (Å²) in [5.41, 5.74) is 1.50. The molecule has 2 nitrogen and oxygen atoms in total. The molecule has 2 aromatic rings. The second kappa shape index (κ2) is 8.65. The van der Waals surface area contributed by atoms with E-state index in [2.05, 4.69) is 97.1 Å². The van der Waals surface area contributed by atoms with E-state index in [9.17, 15) is 0 Å². The Morgan fingerprint density at radius 1 is 0.846 bits per heavy atom. The van der Waals surface area contributed by atoms with Crippen LogP contribution in [-0.2, 0) is 0 Å². The molecule has 1 heterocycles. The third-order valence-electron chi connectivity index (χ3n) is 5.24. The zero-order valence-electron chi connectivity index (χ0n) is 15.3. The van der Waals surface area contributed by atoms with Crippen molar-refractivity contribution >= 4 is 18.5 Å². The molecule has 0 unspecified atom stereocenters. The molecule has 0 aromatic heterocycles. The Morgan fingerprint density at radius 3 is 2.00 bits per heavy atom. The number of benzene rings is 2. The van der Waals surface area contributed by atoms with E-state index in [1.54, 1.807) is 0 Å². The van der Waals surface area contributed by atoms with Gasteiger partial charge in [-0.25, -0.2) is 0 Å². The topological polar surface area (TPSA) is 15.3 Å². The number of nitrogens with one attached hydrogen (secondary N) is 1. The fraction of sp³-hybridized carbons (Fsp3) is 0.261. The van der Waals surface area contributed by atoms with Crippen LogP contribution in [0.25, 0.3) is 0 Å². The minimum absolute atomic E-state index is 0.458. The van der Waals surface area contributed by atoms with E-state index in [0.29, 0.717) is 6.04 Å². The van der Waals surface area contributed by atoms with Gasteiger partial charge in [0.2, 0.25) is 0 Å². The highest BCUT2D eigenvalue weighted by atomic mass is 31.1. The van der Waals surface area contributed by atoms with Gasteiger partial charge >= 0.3 is 0 Å². The number of hydrogen-bond acceptors (Lipinski definition) is 2. The van der Waals surface area contributed by atoms with Gasteiger partial charge in [0.1, 0.15) is 0 Å². The highest BCUT2D eigenvalue weighted by Crippen LogP contribution is 2.57. The molecule has 5 radical (unpaired) electrons. The van der Waals surface area contributed by atoms with Gasteiger partial charge < -0.3 is 5.32 Å². The van der Waals surface area contributed by atoms with Gasteiger partial charge in [-0.2, -0.15) is 0 Å². The van der Waals surface area contributed by atoms with Crippen LogP contribution >= 0.6 is 7.92 Å². The molecular weight excluding hydrogens is 335 g/mol. The molecular formula is C23H26N2P. The van der Waals surface area contributed by atoms with Crippen LogP contribution in [0.2, 0.25) is 0 Å². The summed E-state index contributed by atoms with van der Waals surface area (Å²) in [4.78, 5) is 2.61. The summed E-state index contributed by atoms with van der Waals surface area (Å²) in [6.07, 6.45) is 6.92. The fourth-order valence-corrected chi connectivity index (χ4v) is 6.38. The van der Waals surface area contributed by atoms with Gasteiger partial charge in [-0.1, -0.05) is 60.7 Å². The van der Waals surface area contributed by atoms with Crippen LogP contribution in [0.5, 0.6) is 0 Å². The van der Waals surface area contributed by atoms with E-state index in [1.807, 2.05) is 0 Å². The minimum atomic E-state index is -0.526. The van der Waals surface area contributed by atoms with Crippen molar-refractivity contribution in [3.8, 4) is 0 Å². The van der Waals surface area contributed by atoms with Crippen LogP contribution in [0.1, 0.15) is 6.92 Å².